The van der Waals surface area contributed by atoms with E-state index in [2.05, 4.69) is 70.7 Å². The van der Waals surface area contributed by atoms with Crippen LogP contribution in [0, 0.1) is 5.41 Å². The van der Waals surface area contributed by atoms with Gasteiger partial charge < -0.3 is 0 Å². The smallest absolute Gasteiger partial charge is 0.131 e. The molecule has 2 rings (SSSR count). The van der Waals surface area contributed by atoms with Crippen LogP contribution >= 0.6 is 0 Å². The average Bonchev–Trinajstić information content (AvgIpc) is 2.63. The van der Waals surface area contributed by atoms with Gasteiger partial charge in [-0.3, -0.25) is 0 Å². The lowest BCUT2D eigenvalue weighted by Gasteiger charge is -2.32. The third-order valence-electron chi connectivity index (χ3n) is 6.20. The van der Waals surface area contributed by atoms with Crippen molar-refractivity contribution < 1.29 is 4.39 Å². The number of hydrogen-bond donors (Lipinski definition) is 0. The Kier molecular flexibility index (Phi) is 7.49. The van der Waals surface area contributed by atoms with Gasteiger partial charge in [-0.2, -0.15) is 0 Å². The van der Waals surface area contributed by atoms with Crippen molar-refractivity contribution in [3.63, 3.8) is 0 Å². The molecule has 0 heterocycles. The summed E-state index contributed by atoms with van der Waals surface area (Å²) in [5, 5.41) is 0. The second-order valence-corrected chi connectivity index (χ2v) is 9.54. The van der Waals surface area contributed by atoms with Crippen molar-refractivity contribution in [2.24, 2.45) is 5.41 Å². The monoisotopic (exact) mass is 394 g/mol. The largest absolute Gasteiger partial charge is 0.239 e. The molecule has 0 aromatic heterocycles. The minimum atomic E-state index is -1.40. The van der Waals surface area contributed by atoms with E-state index in [1.165, 1.54) is 29.6 Å². The molecule has 1 aliphatic rings. The fourth-order valence-corrected chi connectivity index (χ4v) is 4.07. The first kappa shape index (κ1) is 23.4. The normalized spacial score (nSPS) is 20.3. The fraction of sp³-hybridized carbons (Fsp3) is 0.500. The molecule has 1 aliphatic carbocycles. The molecule has 0 amide bonds. The van der Waals surface area contributed by atoms with Crippen molar-refractivity contribution in [3.05, 3.63) is 76.4 Å². The Labute approximate surface area is 178 Å². The number of halogens is 1. The van der Waals surface area contributed by atoms with Gasteiger partial charge in [0.2, 0.25) is 0 Å². The zero-order valence-electron chi connectivity index (χ0n) is 19.6. The second-order valence-electron chi connectivity index (χ2n) is 9.54. The van der Waals surface area contributed by atoms with Crippen LogP contribution in [0.5, 0.6) is 0 Å². The summed E-state index contributed by atoms with van der Waals surface area (Å²) in [7, 11) is 0. The Bertz CT molecular complexity index is 842. The summed E-state index contributed by atoms with van der Waals surface area (Å²) >= 11 is 0. The van der Waals surface area contributed by atoms with Gasteiger partial charge in [-0.1, -0.05) is 86.4 Å². The van der Waals surface area contributed by atoms with Crippen LogP contribution in [-0.2, 0) is 12.1 Å². The standard InChI is InChI=1S/C28H39F/c1-9-10-11-12-23-13-14-24(26(18-23)27(6,7)29)25(20(2)3)19-28(8)16-15-21(4)17-22(28)5/h13-15,17-19H,2,9-12,16H2,1,3-8H3/b25-19+. The van der Waals surface area contributed by atoms with Gasteiger partial charge in [0.1, 0.15) is 5.67 Å². The summed E-state index contributed by atoms with van der Waals surface area (Å²) in [6.45, 7) is 18.4. The second kappa shape index (κ2) is 9.28. The molecule has 1 aromatic carbocycles. The molecule has 29 heavy (non-hydrogen) atoms. The quantitative estimate of drug-likeness (QED) is 0.305. The molecule has 0 saturated carbocycles. The topological polar surface area (TPSA) is 0 Å². The number of allylic oxidation sites excluding steroid dienone is 7. The highest BCUT2D eigenvalue weighted by molar-refractivity contribution is 5.81. The lowest BCUT2D eigenvalue weighted by Crippen LogP contribution is -2.19. The van der Waals surface area contributed by atoms with Crippen molar-refractivity contribution in [2.75, 3.05) is 0 Å². The fourth-order valence-electron chi connectivity index (χ4n) is 4.07. The molecular formula is C28H39F. The third kappa shape index (κ3) is 5.81. The predicted molar refractivity (Wildman–Crippen MR) is 127 cm³/mol. The van der Waals surface area contributed by atoms with Crippen molar-refractivity contribution in [3.8, 4) is 0 Å². The molecule has 0 nitrogen and oxygen atoms in total. The van der Waals surface area contributed by atoms with E-state index in [0.29, 0.717) is 0 Å². The average molecular weight is 395 g/mol. The number of unbranched alkanes of at least 4 members (excludes halogenated alkanes) is 2. The molecule has 158 valence electrons. The Balaban J connectivity index is 2.55. The lowest BCUT2D eigenvalue weighted by atomic mass is 9.73. The highest BCUT2D eigenvalue weighted by Crippen LogP contribution is 2.43. The Hall–Kier alpha value is -1.89. The van der Waals surface area contributed by atoms with Gasteiger partial charge in [-0.25, -0.2) is 4.39 Å². The molecule has 0 spiro atoms. The van der Waals surface area contributed by atoms with Crippen LogP contribution in [0.3, 0.4) is 0 Å². The number of benzene rings is 1. The lowest BCUT2D eigenvalue weighted by molar-refractivity contribution is 0.221. The van der Waals surface area contributed by atoms with Crippen LogP contribution in [0.4, 0.5) is 4.39 Å². The molecule has 1 atom stereocenters. The number of aryl methyl sites for hydroxylation is 1. The van der Waals surface area contributed by atoms with Crippen LogP contribution in [0.2, 0.25) is 0 Å². The first-order chi connectivity index (χ1) is 13.5. The highest BCUT2D eigenvalue weighted by atomic mass is 19.1. The van der Waals surface area contributed by atoms with Gasteiger partial charge >= 0.3 is 0 Å². The third-order valence-corrected chi connectivity index (χ3v) is 6.20. The summed E-state index contributed by atoms with van der Waals surface area (Å²) in [4.78, 5) is 0. The summed E-state index contributed by atoms with van der Waals surface area (Å²) in [6.07, 6.45) is 12.4. The van der Waals surface area contributed by atoms with E-state index in [1.807, 2.05) is 6.92 Å². The number of rotatable bonds is 8. The zero-order chi connectivity index (χ0) is 21.8. The van der Waals surface area contributed by atoms with Gasteiger partial charge in [-0.15, -0.1) is 0 Å². The maximum Gasteiger partial charge on any atom is 0.131 e. The van der Waals surface area contributed by atoms with Crippen LogP contribution in [0.15, 0.2) is 59.7 Å². The van der Waals surface area contributed by atoms with Gasteiger partial charge in [-0.05, 0) is 76.1 Å². The van der Waals surface area contributed by atoms with Crippen molar-refractivity contribution in [2.45, 2.75) is 86.2 Å². The van der Waals surface area contributed by atoms with Crippen molar-refractivity contribution >= 4 is 5.57 Å². The van der Waals surface area contributed by atoms with E-state index < -0.39 is 5.67 Å². The maximum absolute atomic E-state index is 15.3. The molecule has 1 heteroatoms. The first-order valence-electron chi connectivity index (χ1n) is 11.0. The molecule has 1 aromatic rings. The molecule has 1 unspecified atom stereocenters. The molecule has 0 N–H and O–H groups in total. The SMILES string of the molecule is C=C(C)/C(=C\C1(C)CC=C(C)C=C1C)c1ccc(CCCCC)cc1C(C)(C)F. The molecular weight excluding hydrogens is 355 g/mol. The van der Waals surface area contributed by atoms with Crippen molar-refractivity contribution in [1.82, 2.24) is 0 Å². The van der Waals surface area contributed by atoms with Gasteiger partial charge in [0, 0.05) is 5.41 Å². The van der Waals surface area contributed by atoms with Crippen molar-refractivity contribution in [1.29, 1.82) is 0 Å². The Morgan fingerprint density at radius 3 is 2.48 bits per heavy atom. The van der Waals surface area contributed by atoms with E-state index in [-0.39, 0.29) is 5.41 Å². The van der Waals surface area contributed by atoms with E-state index in [4.69, 9.17) is 0 Å². The Morgan fingerprint density at radius 1 is 1.24 bits per heavy atom. The minimum Gasteiger partial charge on any atom is -0.239 e. The van der Waals surface area contributed by atoms with E-state index >= 15 is 4.39 Å². The summed E-state index contributed by atoms with van der Waals surface area (Å²) in [5.74, 6) is 0. The van der Waals surface area contributed by atoms with E-state index in [9.17, 15) is 0 Å². The number of hydrogen-bond acceptors (Lipinski definition) is 0. The molecule has 0 bridgehead atoms. The van der Waals surface area contributed by atoms with Gasteiger partial charge in [0.25, 0.3) is 0 Å². The van der Waals surface area contributed by atoms with Gasteiger partial charge in [0.05, 0.1) is 0 Å². The van der Waals surface area contributed by atoms with Gasteiger partial charge in [0.15, 0.2) is 0 Å². The summed E-state index contributed by atoms with van der Waals surface area (Å²) < 4.78 is 15.3. The van der Waals surface area contributed by atoms with Crippen LogP contribution in [0.25, 0.3) is 5.57 Å². The minimum absolute atomic E-state index is 0.0781. The number of alkyl halides is 1. The van der Waals surface area contributed by atoms with E-state index in [0.717, 1.165) is 41.5 Å². The molecule has 0 saturated heterocycles. The zero-order valence-corrected chi connectivity index (χ0v) is 19.6. The Morgan fingerprint density at radius 2 is 1.93 bits per heavy atom. The van der Waals surface area contributed by atoms with Crippen LogP contribution < -0.4 is 0 Å². The summed E-state index contributed by atoms with van der Waals surface area (Å²) in [6, 6.07) is 6.37. The van der Waals surface area contributed by atoms with Crippen LogP contribution in [-0.4, -0.2) is 0 Å². The highest BCUT2D eigenvalue weighted by Gasteiger charge is 2.29. The van der Waals surface area contributed by atoms with E-state index in [1.54, 1.807) is 13.8 Å². The summed E-state index contributed by atoms with van der Waals surface area (Å²) in [5.41, 5.74) is 6.19. The molecule has 0 radical (unpaired) electrons. The maximum atomic E-state index is 15.3. The predicted octanol–water partition coefficient (Wildman–Crippen LogP) is 8.89. The molecule has 0 aliphatic heterocycles. The van der Waals surface area contributed by atoms with Crippen LogP contribution in [0.1, 0.15) is 90.8 Å². The molecule has 0 fully saturated rings. The first-order valence-corrected chi connectivity index (χ1v) is 11.0.